The second-order valence-electron chi connectivity index (χ2n) is 6.06. The smallest absolute Gasteiger partial charge is 0.233 e. The summed E-state index contributed by atoms with van der Waals surface area (Å²) in [6.07, 6.45) is 1.37. The Morgan fingerprint density at radius 1 is 0.889 bits per heavy atom. The van der Waals surface area contributed by atoms with Crippen LogP contribution in [-0.4, -0.2) is 32.6 Å². The number of hydrogen-bond acceptors (Lipinski definition) is 4. The van der Waals surface area contributed by atoms with Crippen LogP contribution in [-0.2, 0) is 22.4 Å². The van der Waals surface area contributed by atoms with Crippen LogP contribution in [0.1, 0.15) is 24.5 Å². The number of hydrogen-bond donors (Lipinski definition) is 2. The first-order valence-corrected chi connectivity index (χ1v) is 8.92. The lowest BCUT2D eigenvalue weighted by molar-refractivity contribution is -0.126. The summed E-state index contributed by atoms with van der Waals surface area (Å²) in [6, 6.07) is 13.2. The molecule has 2 aromatic carbocycles. The maximum absolute atomic E-state index is 12.0. The molecule has 0 atom stereocenters. The molecule has 0 aliphatic rings. The van der Waals surface area contributed by atoms with Gasteiger partial charge in [0, 0.05) is 12.2 Å². The number of nitrogens with one attached hydrogen (secondary N) is 2. The van der Waals surface area contributed by atoms with Crippen LogP contribution in [0.3, 0.4) is 0 Å². The van der Waals surface area contributed by atoms with Gasteiger partial charge >= 0.3 is 0 Å². The van der Waals surface area contributed by atoms with E-state index in [2.05, 4.69) is 17.6 Å². The summed E-state index contributed by atoms with van der Waals surface area (Å²) in [4.78, 5) is 23.9. The highest BCUT2D eigenvalue weighted by atomic mass is 16.5. The normalized spacial score (nSPS) is 10.2. The van der Waals surface area contributed by atoms with Crippen LogP contribution in [0.15, 0.2) is 42.5 Å². The Balaban J connectivity index is 1.76. The molecule has 2 N–H and O–H groups in total. The van der Waals surface area contributed by atoms with E-state index in [1.54, 1.807) is 14.2 Å². The van der Waals surface area contributed by atoms with Crippen LogP contribution in [0.5, 0.6) is 11.5 Å². The third-order valence-corrected chi connectivity index (χ3v) is 4.15. The van der Waals surface area contributed by atoms with E-state index >= 15 is 0 Å². The van der Waals surface area contributed by atoms with E-state index in [1.165, 1.54) is 5.56 Å². The summed E-state index contributed by atoms with van der Waals surface area (Å²) >= 11 is 0. The summed E-state index contributed by atoms with van der Waals surface area (Å²) < 4.78 is 10.5. The topological polar surface area (TPSA) is 76.7 Å². The first kappa shape index (κ1) is 20.3. The molecule has 0 unspecified atom stereocenters. The summed E-state index contributed by atoms with van der Waals surface area (Å²) in [5, 5.41) is 5.49. The van der Waals surface area contributed by atoms with Gasteiger partial charge < -0.3 is 20.1 Å². The zero-order chi connectivity index (χ0) is 19.6. The van der Waals surface area contributed by atoms with Crippen molar-refractivity contribution < 1.29 is 19.1 Å². The van der Waals surface area contributed by atoms with E-state index in [4.69, 9.17) is 9.47 Å². The molecule has 2 amide bonds. The van der Waals surface area contributed by atoms with Gasteiger partial charge in [-0.25, -0.2) is 0 Å². The van der Waals surface area contributed by atoms with Crippen LogP contribution < -0.4 is 20.1 Å². The van der Waals surface area contributed by atoms with Crippen LogP contribution >= 0.6 is 0 Å². The van der Waals surface area contributed by atoms with Crippen LogP contribution in [0.4, 0.5) is 5.69 Å². The Bertz CT molecular complexity index is 772. The molecule has 0 aliphatic heterocycles. The van der Waals surface area contributed by atoms with Crippen molar-refractivity contribution >= 4 is 17.5 Å². The molecule has 0 saturated heterocycles. The molecule has 2 rings (SSSR count). The monoisotopic (exact) mass is 370 g/mol. The second-order valence-corrected chi connectivity index (χ2v) is 6.06. The van der Waals surface area contributed by atoms with Crippen molar-refractivity contribution in [2.75, 3.05) is 26.1 Å². The predicted molar refractivity (Wildman–Crippen MR) is 105 cm³/mol. The van der Waals surface area contributed by atoms with E-state index in [0.717, 1.165) is 12.0 Å². The Kier molecular flexibility index (Phi) is 7.67. The number of carbonyl (C=O) groups is 2. The molecule has 144 valence electrons. The zero-order valence-corrected chi connectivity index (χ0v) is 16.0. The van der Waals surface area contributed by atoms with Gasteiger partial charge in [0.15, 0.2) is 11.5 Å². The van der Waals surface area contributed by atoms with Gasteiger partial charge in [-0.1, -0.05) is 25.1 Å². The number of carbonyl (C=O) groups excluding carboxylic acids is 2. The van der Waals surface area contributed by atoms with Crippen LogP contribution in [0.2, 0.25) is 0 Å². The van der Waals surface area contributed by atoms with Gasteiger partial charge in [0.25, 0.3) is 0 Å². The fourth-order valence-corrected chi connectivity index (χ4v) is 2.62. The maximum atomic E-state index is 12.0. The fourth-order valence-electron chi connectivity index (χ4n) is 2.62. The minimum absolute atomic E-state index is 0.207. The molecule has 0 spiro atoms. The number of anilines is 1. The third-order valence-electron chi connectivity index (χ3n) is 4.15. The van der Waals surface area contributed by atoms with Crippen molar-refractivity contribution in [3.63, 3.8) is 0 Å². The number of rotatable bonds is 9. The first-order chi connectivity index (χ1) is 13.0. The van der Waals surface area contributed by atoms with E-state index < -0.39 is 0 Å². The number of aryl methyl sites for hydroxylation is 1. The summed E-state index contributed by atoms with van der Waals surface area (Å²) in [6.45, 7) is 2.51. The van der Waals surface area contributed by atoms with Crippen molar-refractivity contribution in [1.29, 1.82) is 0 Å². The van der Waals surface area contributed by atoms with Gasteiger partial charge in [-0.15, -0.1) is 0 Å². The van der Waals surface area contributed by atoms with E-state index in [1.807, 2.05) is 42.5 Å². The van der Waals surface area contributed by atoms with Crippen LogP contribution in [0, 0.1) is 0 Å². The summed E-state index contributed by atoms with van der Waals surface area (Å²) in [7, 11) is 3.17. The minimum atomic E-state index is -0.331. The summed E-state index contributed by atoms with van der Waals surface area (Å²) in [5.41, 5.74) is 2.89. The Labute approximate surface area is 159 Å². The highest BCUT2D eigenvalue weighted by molar-refractivity contribution is 6.03. The highest BCUT2D eigenvalue weighted by Crippen LogP contribution is 2.27. The Morgan fingerprint density at radius 2 is 1.56 bits per heavy atom. The van der Waals surface area contributed by atoms with Gasteiger partial charge in [-0.2, -0.15) is 0 Å². The summed E-state index contributed by atoms with van der Waals surface area (Å²) in [5.74, 6) is 0.671. The highest BCUT2D eigenvalue weighted by Gasteiger charge is 2.10. The van der Waals surface area contributed by atoms with Gasteiger partial charge in [0.2, 0.25) is 11.8 Å². The number of amides is 2. The lowest BCUT2D eigenvalue weighted by Gasteiger charge is -2.10. The number of methoxy groups -OCH3 is 2. The molecule has 0 aliphatic carbocycles. The molecule has 0 bridgehead atoms. The van der Waals surface area contributed by atoms with Crippen molar-refractivity contribution in [3.8, 4) is 11.5 Å². The predicted octanol–water partition coefficient (Wildman–Crippen LogP) is 2.95. The molecule has 27 heavy (non-hydrogen) atoms. The van der Waals surface area contributed by atoms with Crippen LogP contribution in [0.25, 0.3) is 0 Å². The van der Waals surface area contributed by atoms with Gasteiger partial charge in [0.05, 0.1) is 14.2 Å². The number of ether oxygens (including phenoxy) is 2. The van der Waals surface area contributed by atoms with Gasteiger partial charge in [0.1, 0.15) is 6.42 Å². The molecule has 0 fully saturated rings. The second kappa shape index (κ2) is 10.2. The largest absolute Gasteiger partial charge is 0.493 e. The third kappa shape index (κ3) is 6.33. The maximum Gasteiger partial charge on any atom is 0.233 e. The van der Waals surface area contributed by atoms with Crippen molar-refractivity contribution in [1.82, 2.24) is 5.32 Å². The lowest BCUT2D eigenvalue weighted by Crippen LogP contribution is -2.29. The lowest BCUT2D eigenvalue weighted by atomic mass is 10.1. The first-order valence-electron chi connectivity index (χ1n) is 8.92. The molecule has 2 aromatic rings. The standard InChI is InChI=1S/C21H26N2O4/c1-4-15-5-8-17(9-6-15)23-21(25)14-20(24)22-12-11-16-7-10-18(26-2)19(13-16)27-3/h5-10,13H,4,11-12,14H2,1-3H3,(H,22,24)(H,23,25). The van der Waals surface area contributed by atoms with E-state index in [-0.39, 0.29) is 18.2 Å². The molecule has 0 heterocycles. The Morgan fingerprint density at radius 3 is 2.19 bits per heavy atom. The van der Waals surface area contributed by atoms with Gasteiger partial charge in [-0.05, 0) is 48.2 Å². The SMILES string of the molecule is CCc1ccc(NC(=O)CC(=O)NCCc2ccc(OC)c(OC)c2)cc1. The fraction of sp³-hybridized carbons (Fsp3) is 0.333. The Hall–Kier alpha value is -3.02. The van der Waals surface area contributed by atoms with E-state index in [0.29, 0.717) is 30.2 Å². The minimum Gasteiger partial charge on any atom is -0.493 e. The van der Waals surface area contributed by atoms with E-state index in [9.17, 15) is 9.59 Å². The molecule has 0 radical (unpaired) electrons. The van der Waals surface area contributed by atoms with Crippen molar-refractivity contribution in [2.45, 2.75) is 26.2 Å². The molecular weight excluding hydrogens is 344 g/mol. The molecular formula is C21H26N2O4. The molecule has 0 aromatic heterocycles. The zero-order valence-electron chi connectivity index (χ0n) is 16.0. The average Bonchev–Trinajstić information content (AvgIpc) is 2.68. The number of benzene rings is 2. The quantitative estimate of drug-likeness (QED) is 0.666. The molecule has 0 saturated carbocycles. The molecule has 6 nitrogen and oxygen atoms in total. The average molecular weight is 370 g/mol. The van der Waals surface area contributed by atoms with Crippen molar-refractivity contribution in [2.24, 2.45) is 0 Å². The van der Waals surface area contributed by atoms with Gasteiger partial charge in [-0.3, -0.25) is 9.59 Å². The van der Waals surface area contributed by atoms with Crippen molar-refractivity contribution in [3.05, 3.63) is 53.6 Å². The molecule has 6 heteroatoms.